The maximum atomic E-state index is 5.38. The highest BCUT2D eigenvalue weighted by atomic mass is 79.9. The van der Waals surface area contributed by atoms with Crippen molar-refractivity contribution in [2.24, 2.45) is 5.73 Å². The summed E-state index contributed by atoms with van der Waals surface area (Å²) >= 11 is 3.62. The van der Waals surface area contributed by atoms with E-state index < -0.39 is 0 Å². The third-order valence-corrected chi connectivity index (χ3v) is 2.51. The van der Waals surface area contributed by atoms with Crippen LogP contribution in [0, 0.1) is 0 Å². The van der Waals surface area contributed by atoms with E-state index in [-0.39, 0.29) is 0 Å². The average molecular weight is 208 g/mol. The van der Waals surface area contributed by atoms with Crippen LogP contribution >= 0.6 is 15.9 Å². The predicted molar refractivity (Wildman–Crippen MR) is 50.5 cm³/mol. The SMILES string of the molecule is CCCCC(Br)CCCN. The van der Waals surface area contributed by atoms with E-state index >= 15 is 0 Å². The zero-order chi connectivity index (χ0) is 7.82. The molecule has 0 saturated carbocycles. The second-order valence-corrected chi connectivity index (χ2v) is 3.97. The molecule has 0 aromatic carbocycles. The quantitative estimate of drug-likeness (QED) is 0.667. The Morgan fingerprint density at radius 3 is 2.40 bits per heavy atom. The molecule has 0 aliphatic rings. The molecule has 0 aliphatic heterocycles. The summed E-state index contributed by atoms with van der Waals surface area (Å²) < 4.78 is 0. The van der Waals surface area contributed by atoms with E-state index in [1.807, 2.05) is 0 Å². The first-order valence-corrected chi connectivity index (χ1v) is 5.07. The Labute approximate surface area is 72.5 Å². The smallest absolute Gasteiger partial charge is 0.0146 e. The van der Waals surface area contributed by atoms with Crippen LogP contribution in [-0.2, 0) is 0 Å². The number of hydrogen-bond acceptors (Lipinski definition) is 1. The van der Waals surface area contributed by atoms with Crippen LogP contribution in [0.5, 0.6) is 0 Å². The second kappa shape index (κ2) is 7.55. The summed E-state index contributed by atoms with van der Waals surface area (Å²) in [6, 6.07) is 0. The van der Waals surface area contributed by atoms with E-state index in [2.05, 4.69) is 22.9 Å². The van der Waals surface area contributed by atoms with Crippen LogP contribution < -0.4 is 5.73 Å². The molecule has 0 rings (SSSR count). The van der Waals surface area contributed by atoms with Gasteiger partial charge < -0.3 is 5.73 Å². The summed E-state index contributed by atoms with van der Waals surface area (Å²) in [5, 5.41) is 0. The fourth-order valence-corrected chi connectivity index (χ4v) is 1.56. The van der Waals surface area contributed by atoms with Crippen LogP contribution in [0.15, 0.2) is 0 Å². The van der Waals surface area contributed by atoms with Crippen LogP contribution in [-0.4, -0.2) is 11.4 Å². The van der Waals surface area contributed by atoms with Crippen LogP contribution in [0.2, 0.25) is 0 Å². The second-order valence-electron chi connectivity index (χ2n) is 2.67. The van der Waals surface area contributed by atoms with Gasteiger partial charge in [-0.25, -0.2) is 0 Å². The first-order valence-electron chi connectivity index (χ1n) is 4.15. The summed E-state index contributed by atoms with van der Waals surface area (Å²) in [7, 11) is 0. The molecule has 10 heavy (non-hydrogen) atoms. The highest BCUT2D eigenvalue weighted by Gasteiger charge is 2.00. The molecule has 2 N–H and O–H groups in total. The van der Waals surface area contributed by atoms with Gasteiger partial charge in [-0.1, -0.05) is 35.7 Å². The van der Waals surface area contributed by atoms with Gasteiger partial charge in [0, 0.05) is 4.83 Å². The van der Waals surface area contributed by atoms with Crippen molar-refractivity contribution in [3.63, 3.8) is 0 Å². The van der Waals surface area contributed by atoms with Crippen molar-refractivity contribution in [2.75, 3.05) is 6.54 Å². The summed E-state index contributed by atoms with van der Waals surface area (Å²) in [4.78, 5) is 0.705. The molecule has 62 valence electrons. The predicted octanol–water partition coefficient (Wildman–Crippen LogP) is 2.68. The number of unbranched alkanes of at least 4 members (excludes halogenated alkanes) is 1. The lowest BCUT2D eigenvalue weighted by Gasteiger charge is -2.06. The Morgan fingerprint density at radius 2 is 1.90 bits per heavy atom. The van der Waals surface area contributed by atoms with Crippen LogP contribution in [0.25, 0.3) is 0 Å². The van der Waals surface area contributed by atoms with E-state index in [0.29, 0.717) is 4.83 Å². The largest absolute Gasteiger partial charge is 0.330 e. The van der Waals surface area contributed by atoms with Gasteiger partial charge in [0.25, 0.3) is 0 Å². The lowest BCUT2D eigenvalue weighted by molar-refractivity contribution is 0.633. The van der Waals surface area contributed by atoms with Crippen LogP contribution in [0.4, 0.5) is 0 Å². The van der Waals surface area contributed by atoms with E-state index in [9.17, 15) is 0 Å². The number of hydrogen-bond donors (Lipinski definition) is 1. The van der Waals surface area contributed by atoms with Crippen molar-refractivity contribution in [3.8, 4) is 0 Å². The minimum atomic E-state index is 0.705. The van der Waals surface area contributed by atoms with E-state index in [1.54, 1.807) is 0 Å². The molecule has 0 aliphatic carbocycles. The molecular formula is C8H18BrN. The maximum Gasteiger partial charge on any atom is 0.0146 e. The zero-order valence-electron chi connectivity index (χ0n) is 6.78. The average Bonchev–Trinajstić information content (AvgIpc) is 1.97. The van der Waals surface area contributed by atoms with Gasteiger partial charge in [0.15, 0.2) is 0 Å². The zero-order valence-corrected chi connectivity index (χ0v) is 8.36. The summed E-state index contributed by atoms with van der Waals surface area (Å²) in [5.74, 6) is 0. The molecule has 0 radical (unpaired) electrons. The van der Waals surface area contributed by atoms with Gasteiger partial charge in [0.1, 0.15) is 0 Å². The molecule has 0 saturated heterocycles. The number of alkyl halides is 1. The van der Waals surface area contributed by atoms with Crippen molar-refractivity contribution in [1.82, 2.24) is 0 Å². The molecule has 1 nitrogen and oxygen atoms in total. The Morgan fingerprint density at radius 1 is 1.30 bits per heavy atom. The summed E-state index contributed by atoms with van der Waals surface area (Å²) in [6.45, 7) is 3.05. The third-order valence-electron chi connectivity index (χ3n) is 1.59. The van der Waals surface area contributed by atoms with Gasteiger partial charge in [-0.2, -0.15) is 0 Å². The molecule has 2 heteroatoms. The standard InChI is InChI=1S/C8H18BrN/c1-2-3-5-8(9)6-4-7-10/h8H,2-7,10H2,1H3. The number of nitrogens with two attached hydrogens (primary N) is 1. The Bertz CT molecular complexity index is 58.3. The van der Waals surface area contributed by atoms with Crippen molar-refractivity contribution >= 4 is 15.9 Å². The topological polar surface area (TPSA) is 26.0 Å². The van der Waals surface area contributed by atoms with Gasteiger partial charge >= 0.3 is 0 Å². The molecule has 0 heterocycles. The molecule has 0 bridgehead atoms. The van der Waals surface area contributed by atoms with Gasteiger partial charge in [-0.15, -0.1) is 0 Å². The van der Waals surface area contributed by atoms with Crippen molar-refractivity contribution in [2.45, 2.75) is 43.9 Å². The first kappa shape index (κ1) is 10.4. The Hall–Kier alpha value is 0.440. The fraction of sp³-hybridized carbons (Fsp3) is 1.00. The van der Waals surface area contributed by atoms with Crippen LogP contribution in [0.3, 0.4) is 0 Å². The molecule has 0 aromatic rings. The minimum absolute atomic E-state index is 0.705. The minimum Gasteiger partial charge on any atom is -0.330 e. The molecule has 0 spiro atoms. The molecule has 1 atom stereocenters. The molecule has 0 aromatic heterocycles. The van der Waals surface area contributed by atoms with Gasteiger partial charge in [0.2, 0.25) is 0 Å². The number of halogens is 1. The van der Waals surface area contributed by atoms with Gasteiger partial charge in [-0.3, -0.25) is 0 Å². The third kappa shape index (κ3) is 6.56. The normalized spacial score (nSPS) is 13.5. The lowest BCUT2D eigenvalue weighted by Crippen LogP contribution is -2.04. The fourth-order valence-electron chi connectivity index (χ4n) is 0.909. The summed E-state index contributed by atoms with van der Waals surface area (Å²) in [5.41, 5.74) is 5.38. The highest BCUT2D eigenvalue weighted by Crippen LogP contribution is 2.14. The monoisotopic (exact) mass is 207 g/mol. The van der Waals surface area contributed by atoms with Gasteiger partial charge in [0.05, 0.1) is 0 Å². The number of rotatable bonds is 6. The Balaban J connectivity index is 3.00. The molecule has 1 unspecified atom stereocenters. The first-order chi connectivity index (χ1) is 4.81. The molecule has 0 amide bonds. The lowest BCUT2D eigenvalue weighted by atomic mass is 10.1. The van der Waals surface area contributed by atoms with Gasteiger partial charge in [-0.05, 0) is 25.8 Å². The van der Waals surface area contributed by atoms with E-state index in [4.69, 9.17) is 5.73 Å². The van der Waals surface area contributed by atoms with Crippen molar-refractivity contribution in [1.29, 1.82) is 0 Å². The molecular weight excluding hydrogens is 190 g/mol. The van der Waals surface area contributed by atoms with E-state index in [0.717, 1.165) is 13.0 Å². The highest BCUT2D eigenvalue weighted by molar-refractivity contribution is 9.09. The Kier molecular flexibility index (Phi) is 7.88. The van der Waals surface area contributed by atoms with E-state index in [1.165, 1.54) is 25.7 Å². The molecule has 0 fully saturated rings. The maximum absolute atomic E-state index is 5.38. The van der Waals surface area contributed by atoms with Crippen molar-refractivity contribution < 1.29 is 0 Å². The van der Waals surface area contributed by atoms with Crippen molar-refractivity contribution in [3.05, 3.63) is 0 Å². The van der Waals surface area contributed by atoms with Crippen LogP contribution in [0.1, 0.15) is 39.0 Å². The summed E-state index contributed by atoms with van der Waals surface area (Å²) in [6.07, 6.45) is 6.32.